The SMILES string of the molecule is COc1ccc(/C=C2\C(=N)N3N=C(S(=O)(=O)CC(C)C)SC3=NC2=O)cc1. The van der Waals surface area contributed by atoms with E-state index in [0.29, 0.717) is 11.3 Å². The van der Waals surface area contributed by atoms with Crippen molar-refractivity contribution in [2.45, 2.75) is 13.8 Å². The van der Waals surface area contributed by atoms with Gasteiger partial charge >= 0.3 is 0 Å². The van der Waals surface area contributed by atoms with Crippen LogP contribution in [0.5, 0.6) is 5.75 Å². The third kappa shape index (κ3) is 3.96. The summed E-state index contributed by atoms with van der Waals surface area (Å²) >= 11 is 0.797. The Morgan fingerprint density at radius 1 is 1.30 bits per heavy atom. The van der Waals surface area contributed by atoms with Crippen molar-refractivity contribution in [3.63, 3.8) is 0 Å². The molecule has 1 N–H and O–H groups in total. The number of fused-ring (bicyclic) bond motifs is 1. The van der Waals surface area contributed by atoms with Gasteiger partial charge in [-0.2, -0.15) is 10.0 Å². The molecule has 3 rings (SSSR count). The van der Waals surface area contributed by atoms with Crippen LogP contribution in [-0.2, 0) is 14.6 Å². The highest BCUT2D eigenvalue weighted by molar-refractivity contribution is 8.42. The Hall–Kier alpha value is -2.46. The number of hydrazone groups is 1. The number of amides is 1. The maximum atomic E-state index is 12.4. The Bertz CT molecular complexity index is 992. The minimum absolute atomic E-state index is 0.0378. The zero-order valence-corrected chi connectivity index (χ0v) is 16.6. The van der Waals surface area contributed by atoms with E-state index >= 15 is 0 Å². The van der Waals surface area contributed by atoms with E-state index in [0.717, 1.165) is 16.8 Å². The number of methoxy groups -OCH3 is 1. The number of aliphatic imine (C=N–C) groups is 1. The predicted octanol–water partition coefficient (Wildman–Crippen LogP) is 2.34. The third-order valence-electron chi connectivity index (χ3n) is 3.68. The van der Waals surface area contributed by atoms with Gasteiger partial charge in [0.1, 0.15) is 5.75 Å². The summed E-state index contributed by atoms with van der Waals surface area (Å²) in [5, 5.41) is 13.5. The molecular formula is C17H18N4O4S2. The molecule has 0 fully saturated rings. The molecule has 0 bridgehead atoms. The van der Waals surface area contributed by atoms with E-state index in [1.165, 1.54) is 6.08 Å². The molecule has 2 heterocycles. The number of ether oxygens (including phenoxy) is 1. The second kappa shape index (κ2) is 7.28. The van der Waals surface area contributed by atoms with Gasteiger partial charge in [-0.3, -0.25) is 10.2 Å². The number of hydrogen-bond donors (Lipinski definition) is 1. The largest absolute Gasteiger partial charge is 0.497 e. The maximum absolute atomic E-state index is 12.4. The second-order valence-corrected chi connectivity index (χ2v) is 9.50. The molecule has 0 aliphatic carbocycles. The van der Waals surface area contributed by atoms with Crippen molar-refractivity contribution < 1.29 is 17.9 Å². The van der Waals surface area contributed by atoms with Gasteiger partial charge in [-0.1, -0.05) is 26.0 Å². The Morgan fingerprint density at radius 3 is 2.56 bits per heavy atom. The highest BCUT2D eigenvalue weighted by Crippen LogP contribution is 2.31. The van der Waals surface area contributed by atoms with Crippen LogP contribution < -0.4 is 4.74 Å². The predicted molar refractivity (Wildman–Crippen MR) is 107 cm³/mol. The van der Waals surface area contributed by atoms with Crippen molar-refractivity contribution >= 4 is 49.0 Å². The lowest BCUT2D eigenvalue weighted by Crippen LogP contribution is -2.35. The van der Waals surface area contributed by atoms with Crippen LogP contribution in [0.15, 0.2) is 39.9 Å². The second-order valence-electron chi connectivity index (χ2n) is 6.33. The molecule has 27 heavy (non-hydrogen) atoms. The van der Waals surface area contributed by atoms with Crippen molar-refractivity contribution in [3.8, 4) is 5.75 Å². The van der Waals surface area contributed by atoms with Crippen molar-refractivity contribution in [3.05, 3.63) is 35.4 Å². The first-order valence-corrected chi connectivity index (χ1v) is 10.5. The minimum Gasteiger partial charge on any atom is -0.497 e. The Labute approximate surface area is 161 Å². The molecule has 1 amide bonds. The number of nitrogens with zero attached hydrogens (tertiary/aromatic N) is 3. The van der Waals surface area contributed by atoms with Crippen LogP contribution in [0.2, 0.25) is 0 Å². The van der Waals surface area contributed by atoms with Crippen LogP contribution in [-0.4, -0.2) is 47.6 Å². The summed E-state index contributed by atoms with van der Waals surface area (Å²) in [5.74, 6) is -0.265. The summed E-state index contributed by atoms with van der Waals surface area (Å²) in [7, 11) is -2.04. The summed E-state index contributed by atoms with van der Waals surface area (Å²) in [6.45, 7) is 3.59. The molecule has 0 radical (unpaired) electrons. The summed E-state index contributed by atoms with van der Waals surface area (Å²) in [6, 6.07) is 6.95. The smallest absolute Gasteiger partial charge is 0.283 e. The molecule has 2 aliphatic heterocycles. The number of thioether (sulfide) groups is 1. The van der Waals surface area contributed by atoms with Gasteiger partial charge in [0.15, 0.2) is 5.84 Å². The molecule has 8 nitrogen and oxygen atoms in total. The summed E-state index contributed by atoms with van der Waals surface area (Å²) in [5.41, 5.74) is 0.724. The van der Waals surface area contributed by atoms with Crippen LogP contribution in [0, 0.1) is 11.3 Å². The Kier molecular flexibility index (Phi) is 5.20. The standard InChI is InChI=1S/C17H18N4O4S2/c1-10(2)9-27(23,24)17-20-21-14(18)13(15(22)19-16(21)26-17)8-11-4-6-12(25-3)7-5-11/h4-8,10,18H,9H2,1-3H3/b13-8+,18-14?. The fourth-order valence-corrected chi connectivity index (χ4v) is 5.26. The van der Waals surface area contributed by atoms with E-state index in [2.05, 4.69) is 10.1 Å². The molecule has 0 saturated carbocycles. The molecule has 0 spiro atoms. The van der Waals surface area contributed by atoms with Crippen LogP contribution in [0.4, 0.5) is 0 Å². The lowest BCUT2D eigenvalue weighted by molar-refractivity contribution is -0.114. The molecule has 2 aliphatic rings. The number of nitrogens with one attached hydrogen (secondary N) is 1. The molecule has 0 aromatic heterocycles. The normalized spacial score (nSPS) is 18.7. The van der Waals surface area contributed by atoms with Crippen LogP contribution in [0.25, 0.3) is 6.08 Å². The van der Waals surface area contributed by atoms with Gasteiger partial charge in [-0.15, -0.1) is 5.10 Å². The molecule has 0 saturated heterocycles. The Balaban J connectivity index is 1.92. The lowest BCUT2D eigenvalue weighted by atomic mass is 10.1. The summed E-state index contributed by atoms with van der Waals surface area (Å²) < 4.78 is 29.7. The maximum Gasteiger partial charge on any atom is 0.283 e. The first-order chi connectivity index (χ1) is 12.7. The van der Waals surface area contributed by atoms with Gasteiger partial charge in [0.2, 0.25) is 19.4 Å². The average Bonchev–Trinajstić information content (AvgIpc) is 3.03. The lowest BCUT2D eigenvalue weighted by Gasteiger charge is -2.20. The van der Waals surface area contributed by atoms with E-state index in [9.17, 15) is 13.2 Å². The Morgan fingerprint density at radius 2 is 1.96 bits per heavy atom. The summed E-state index contributed by atoms with van der Waals surface area (Å²) in [6.07, 6.45) is 1.52. The number of benzene rings is 1. The van der Waals surface area contributed by atoms with Gasteiger partial charge in [-0.25, -0.2) is 8.42 Å². The zero-order chi connectivity index (χ0) is 19.8. The van der Waals surface area contributed by atoms with Gasteiger partial charge in [-0.05, 0) is 41.5 Å². The monoisotopic (exact) mass is 406 g/mol. The molecule has 1 aromatic rings. The van der Waals surface area contributed by atoms with Gasteiger partial charge < -0.3 is 4.74 Å². The first kappa shape index (κ1) is 19.3. The van der Waals surface area contributed by atoms with E-state index in [4.69, 9.17) is 10.1 Å². The molecule has 10 heteroatoms. The highest BCUT2D eigenvalue weighted by atomic mass is 32.3. The fourth-order valence-electron chi connectivity index (χ4n) is 2.48. The van der Waals surface area contributed by atoms with Gasteiger partial charge in [0.25, 0.3) is 5.91 Å². The van der Waals surface area contributed by atoms with E-state index in [-0.39, 0.29) is 32.6 Å². The molecule has 0 atom stereocenters. The fraction of sp³-hybridized carbons (Fsp3) is 0.294. The number of carbonyl (C=O) groups is 1. The van der Waals surface area contributed by atoms with Crippen molar-refractivity contribution in [2.24, 2.45) is 16.0 Å². The molecule has 0 unspecified atom stereocenters. The summed E-state index contributed by atoms with van der Waals surface area (Å²) in [4.78, 5) is 16.2. The average molecular weight is 406 g/mol. The minimum atomic E-state index is -3.59. The van der Waals surface area contributed by atoms with Crippen LogP contribution in [0.1, 0.15) is 19.4 Å². The van der Waals surface area contributed by atoms with E-state index in [1.807, 2.05) is 0 Å². The number of rotatable bonds is 4. The molecular weight excluding hydrogens is 388 g/mol. The van der Waals surface area contributed by atoms with E-state index in [1.54, 1.807) is 45.2 Å². The van der Waals surface area contributed by atoms with Gasteiger partial charge in [0, 0.05) is 0 Å². The van der Waals surface area contributed by atoms with Crippen LogP contribution >= 0.6 is 11.8 Å². The van der Waals surface area contributed by atoms with Crippen molar-refractivity contribution in [1.29, 1.82) is 5.41 Å². The number of amidine groups is 2. The molecule has 1 aromatic carbocycles. The topological polar surface area (TPSA) is 112 Å². The number of hydrogen-bond acceptors (Lipinski definition) is 7. The third-order valence-corrected chi connectivity index (χ3v) is 7.12. The zero-order valence-electron chi connectivity index (χ0n) is 15.0. The van der Waals surface area contributed by atoms with Crippen LogP contribution in [0.3, 0.4) is 0 Å². The quantitative estimate of drug-likeness (QED) is 0.768. The van der Waals surface area contributed by atoms with Gasteiger partial charge in [0.05, 0.1) is 18.4 Å². The number of carbonyl (C=O) groups excluding carboxylic acids is 1. The first-order valence-electron chi connectivity index (χ1n) is 8.08. The molecule has 142 valence electrons. The number of sulfone groups is 1. The van der Waals surface area contributed by atoms with Crippen molar-refractivity contribution in [1.82, 2.24) is 5.01 Å². The highest BCUT2D eigenvalue weighted by Gasteiger charge is 2.39. The van der Waals surface area contributed by atoms with E-state index < -0.39 is 15.7 Å². The van der Waals surface area contributed by atoms with Crippen molar-refractivity contribution in [2.75, 3.05) is 12.9 Å².